The summed E-state index contributed by atoms with van der Waals surface area (Å²) in [6, 6.07) is 15.8. The molecule has 1 aromatic carbocycles. The molecule has 2 aromatic rings. The Morgan fingerprint density at radius 1 is 1.11 bits per heavy atom. The van der Waals surface area contributed by atoms with Crippen LogP contribution in [0.25, 0.3) is 11.3 Å². The van der Waals surface area contributed by atoms with E-state index in [4.69, 9.17) is 9.47 Å². The fraction of sp³-hybridized carbons (Fsp3) is 0.217. The number of rotatable bonds is 7. The van der Waals surface area contributed by atoms with E-state index in [0.29, 0.717) is 25.3 Å². The molecule has 3 rings (SSSR count). The Bertz CT molecular complexity index is 866. The molecule has 1 aromatic heterocycles. The zero-order chi connectivity index (χ0) is 18.9. The summed E-state index contributed by atoms with van der Waals surface area (Å²) in [6.07, 6.45) is 9.76. The first-order valence-electron chi connectivity index (χ1n) is 9.15. The minimum Gasteiger partial charge on any atom is -0.466 e. The minimum atomic E-state index is -0.152. The molecule has 0 aliphatic heterocycles. The second-order valence-corrected chi connectivity index (χ2v) is 6.16. The van der Waals surface area contributed by atoms with Crippen molar-refractivity contribution in [1.29, 1.82) is 0 Å². The van der Waals surface area contributed by atoms with Gasteiger partial charge in [0.05, 0.1) is 18.6 Å². The van der Waals surface area contributed by atoms with Crippen molar-refractivity contribution in [2.75, 3.05) is 6.61 Å². The summed E-state index contributed by atoms with van der Waals surface area (Å²) in [7, 11) is 0. The predicted octanol–water partition coefficient (Wildman–Crippen LogP) is 5.24. The smallest absolute Gasteiger partial charge is 0.306 e. The Morgan fingerprint density at radius 3 is 2.70 bits per heavy atom. The molecule has 0 saturated carbocycles. The van der Waals surface area contributed by atoms with Crippen LogP contribution < -0.4 is 4.74 Å². The van der Waals surface area contributed by atoms with Gasteiger partial charge in [0, 0.05) is 18.1 Å². The highest BCUT2D eigenvalue weighted by Crippen LogP contribution is 2.22. The second kappa shape index (κ2) is 9.53. The number of carbonyl (C=O) groups excluding carboxylic acids is 1. The SMILES string of the molecule is CCOC(=O)CCC1=CCC(=COc2cccc(-c3ccccc3)n2)C=C1. The van der Waals surface area contributed by atoms with Gasteiger partial charge in [-0.05, 0) is 31.4 Å². The van der Waals surface area contributed by atoms with Gasteiger partial charge in [-0.2, -0.15) is 0 Å². The lowest BCUT2D eigenvalue weighted by Gasteiger charge is -2.10. The third-order valence-electron chi connectivity index (χ3n) is 4.16. The molecule has 0 unspecified atom stereocenters. The Kier molecular flexibility index (Phi) is 6.58. The summed E-state index contributed by atoms with van der Waals surface area (Å²) in [4.78, 5) is 16.0. The monoisotopic (exact) mass is 361 g/mol. The molecule has 0 spiro atoms. The van der Waals surface area contributed by atoms with E-state index in [1.165, 1.54) is 0 Å². The summed E-state index contributed by atoms with van der Waals surface area (Å²) in [6.45, 7) is 2.25. The van der Waals surface area contributed by atoms with Crippen molar-refractivity contribution in [3.05, 3.63) is 84.2 Å². The second-order valence-electron chi connectivity index (χ2n) is 6.16. The molecule has 0 N–H and O–H groups in total. The van der Waals surface area contributed by atoms with E-state index >= 15 is 0 Å². The number of ether oxygens (including phenoxy) is 2. The largest absolute Gasteiger partial charge is 0.466 e. The molecule has 1 aliphatic rings. The number of carbonyl (C=O) groups is 1. The number of pyridine rings is 1. The molecule has 138 valence electrons. The van der Waals surface area contributed by atoms with E-state index < -0.39 is 0 Å². The van der Waals surface area contributed by atoms with Gasteiger partial charge in [-0.15, -0.1) is 0 Å². The molecule has 0 atom stereocenters. The summed E-state index contributed by atoms with van der Waals surface area (Å²) in [5.41, 5.74) is 4.14. The van der Waals surface area contributed by atoms with Crippen molar-refractivity contribution in [1.82, 2.24) is 4.98 Å². The number of esters is 1. The van der Waals surface area contributed by atoms with Crippen LogP contribution in [-0.4, -0.2) is 17.6 Å². The molecule has 1 heterocycles. The molecule has 4 nitrogen and oxygen atoms in total. The zero-order valence-electron chi connectivity index (χ0n) is 15.4. The summed E-state index contributed by atoms with van der Waals surface area (Å²) >= 11 is 0. The number of hydrogen-bond donors (Lipinski definition) is 0. The van der Waals surface area contributed by atoms with Crippen LogP contribution >= 0.6 is 0 Å². The molecule has 4 heteroatoms. The first-order valence-corrected chi connectivity index (χ1v) is 9.15. The van der Waals surface area contributed by atoms with Crippen LogP contribution in [0.4, 0.5) is 0 Å². The number of nitrogens with zero attached hydrogens (tertiary/aromatic N) is 1. The standard InChI is InChI=1S/C23H23NO3/c1-2-26-23(25)16-15-18-11-13-19(14-12-18)17-27-22-10-6-9-21(24-22)20-7-4-3-5-8-20/h3-13,17H,2,14-16H2,1H3. The lowest BCUT2D eigenvalue weighted by molar-refractivity contribution is -0.143. The van der Waals surface area contributed by atoms with Crippen molar-refractivity contribution in [3.63, 3.8) is 0 Å². The Labute approximate surface area is 159 Å². The highest BCUT2D eigenvalue weighted by Gasteiger charge is 2.07. The normalized spacial score (nSPS) is 14.7. The fourth-order valence-corrected chi connectivity index (χ4v) is 2.74. The molecule has 0 amide bonds. The van der Waals surface area contributed by atoms with Gasteiger partial charge in [0.15, 0.2) is 0 Å². The Morgan fingerprint density at radius 2 is 1.96 bits per heavy atom. The van der Waals surface area contributed by atoms with Crippen LogP contribution in [0.3, 0.4) is 0 Å². The summed E-state index contributed by atoms with van der Waals surface area (Å²) < 4.78 is 10.7. The van der Waals surface area contributed by atoms with E-state index in [2.05, 4.69) is 11.1 Å². The third-order valence-corrected chi connectivity index (χ3v) is 4.16. The molecule has 1 aliphatic carbocycles. The number of aromatic nitrogens is 1. The van der Waals surface area contributed by atoms with Crippen molar-refractivity contribution in [2.24, 2.45) is 0 Å². The van der Waals surface area contributed by atoms with Gasteiger partial charge in [-0.25, -0.2) is 4.98 Å². The zero-order valence-corrected chi connectivity index (χ0v) is 15.4. The lowest BCUT2D eigenvalue weighted by Crippen LogP contribution is -2.04. The average molecular weight is 361 g/mol. The van der Waals surface area contributed by atoms with Crippen LogP contribution in [0.15, 0.2) is 84.2 Å². The maximum absolute atomic E-state index is 11.4. The van der Waals surface area contributed by atoms with Crippen LogP contribution in [0.1, 0.15) is 26.2 Å². The Balaban J connectivity index is 1.55. The van der Waals surface area contributed by atoms with Crippen LogP contribution in [0.2, 0.25) is 0 Å². The first-order chi connectivity index (χ1) is 13.2. The van der Waals surface area contributed by atoms with E-state index in [0.717, 1.165) is 28.8 Å². The topological polar surface area (TPSA) is 48.4 Å². The van der Waals surface area contributed by atoms with Crippen molar-refractivity contribution in [2.45, 2.75) is 26.2 Å². The molecule has 0 radical (unpaired) electrons. The molecular weight excluding hydrogens is 338 g/mol. The lowest BCUT2D eigenvalue weighted by atomic mass is 10.00. The number of hydrogen-bond acceptors (Lipinski definition) is 4. The van der Waals surface area contributed by atoms with Crippen molar-refractivity contribution in [3.8, 4) is 17.1 Å². The van der Waals surface area contributed by atoms with Crippen molar-refractivity contribution < 1.29 is 14.3 Å². The van der Waals surface area contributed by atoms with Gasteiger partial charge in [0.25, 0.3) is 0 Å². The molecular formula is C23H23NO3. The number of benzene rings is 1. The maximum Gasteiger partial charge on any atom is 0.306 e. The van der Waals surface area contributed by atoms with E-state index in [1.54, 1.807) is 6.26 Å². The van der Waals surface area contributed by atoms with Crippen molar-refractivity contribution >= 4 is 5.97 Å². The van der Waals surface area contributed by atoms with Gasteiger partial charge >= 0.3 is 5.97 Å². The van der Waals surface area contributed by atoms with Gasteiger partial charge < -0.3 is 9.47 Å². The van der Waals surface area contributed by atoms with Gasteiger partial charge in [0.2, 0.25) is 5.88 Å². The van der Waals surface area contributed by atoms with Gasteiger partial charge in [-0.3, -0.25) is 4.79 Å². The molecule has 27 heavy (non-hydrogen) atoms. The van der Waals surface area contributed by atoms with E-state index in [1.807, 2.05) is 67.6 Å². The predicted molar refractivity (Wildman–Crippen MR) is 106 cm³/mol. The molecule has 0 fully saturated rings. The summed E-state index contributed by atoms with van der Waals surface area (Å²) in [5, 5.41) is 0. The third kappa shape index (κ3) is 5.68. The van der Waals surface area contributed by atoms with Crippen LogP contribution in [0, 0.1) is 0 Å². The number of allylic oxidation sites excluding steroid dienone is 5. The molecule has 0 bridgehead atoms. The van der Waals surface area contributed by atoms with Crippen LogP contribution in [0.5, 0.6) is 5.88 Å². The van der Waals surface area contributed by atoms with E-state index in [-0.39, 0.29) is 5.97 Å². The first kappa shape index (κ1) is 18.6. The highest BCUT2D eigenvalue weighted by atomic mass is 16.5. The minimum absolute atomic E-state index is 0.152. The van der Waals surface area contributed by atoms with Gasteiger partial charge in [-0.1, -0.05) is 60.2 Å². The fourth-order valence-electron chi connectivity index (χ4n) is 2.74. The maximum atomic E-state index is 11.4. The highest BCUT2D eigenvalue weighted by molar-refractivity contribution is 5.69. The van der Waals surface area contributed by atoms with Crippen LogP contribution in [-0.2, 0) is 9.53 Å². The molecule has 0 saturated heterocycles. The van der Waals surface area contributed by atoms with Gasteiger partial charge in [0.1, 0.15) is 0 Å². The summed E-state index contributed by atoms with van der Waals surface area (Å²) in [5.74, 6) is 0.412. The average Bonchev–Trinajstić information content (AvgIpc) is 2.72. The quantitative estimate of drug-likeness (QED) is 0.500. The Hall–Kier alpha value is -3.14. The van der Waals surface area contributed by atoms with E-state index in [9.17, 15) is 4.79 Å².